The first-order valence-corrected chi connectivity index (χ1v) is 12.2. The number of furan rings is 1. The van der Waals surface area contributed by atoms with Crippen LogP contribution in [-0.2, 0) is 4.79 Å². The first kappa shape index (κ1) is 22.6. The predicted octanol–water partition coefficient (Wildman–Crippen LogP) is 4.55. The zero-order valence-corrected chi connectivity index (χ0v) is 19.6. The van der Waals surface area contributed by atoms with Crippen LogP contribution in [0.5, 0.6) is 0 Å². The van der Waals surface area contributed by atoms with E-state index in [1.165, 1.54) is 36.6 Å². The highest BCUT2D eigenvalue weighted by Crippen LogP contribution is 2.35. The van der Waals surface area contributed by atoms with Gasteiger partial charge in [0.2, 0.25) is 11.7 Å². The van der Waals surface area contributed by atoms with Crippen LogP contribution in [-0.4, -0.2) is 52.0 Å². The molecule has 1 aliphatic carbocycles. The van der Waals surface area contributed by atoms with Crippen molar-refractivity contribution in [1.82, 2.24) is 25.0 Å². The van der Waals surface area contributed by atoms with Crippen molar-refractivity contribution in [3.63, 3.8) is 0 Å². The van der Waals surface area contributed by atoms with E-state index in [9.17, 15) is 4.79 Å². The van der Waals surface area contributed by atoms with Crippen LogP contribution in [0.1, 0.15) is 49.8 Å². The Hall–Kier alpha value is -2.58. The number of carbonyl (C=O) groups excluding carboxylic acids is 1. The Kier molecular flexibility index (Phi) is 7.65. The zero-order chi connectivity index (χ0) is 22.3. The van der Waals surface area contributed by atoms with E-state index in [0.717, 1.165) is 29.6 Å². The van der Waals surface area contributed by atoms with Crippen molar-refractivity contribution in [2.45, 2.75) is 49.3 Å². The number of carbonyl (C=O) groups is 1. The van der Waals surface area contributed by atoms with Crippen molar-refractivity contribution >= 4 is 17.7 Å². The predicted molar refractivity (Wildman–Crippen MR) is 126 cm³/mol. The van der Waals surface area contributed by atoms with E-state index in [0.29, 0.717) is 18.3 Å². The highest BCUT2D eigenvalue weighted by molar-refractivity contribution is 7.99. The van der Waals surface area contributed by atoms with Gasteiger partial charge in [-0.05, 0) is 44.6 Å². The maximum absolute atomic E-state index is 12.7. The molecule has 7 nitrogen and oxygen atoms in total. The molecule has 2 heterocycles. The second kappa shape index (κ2) is 10.8. The minimum atomic E-state index is -0.00414. The molecule has 1 N–H and O–H groups in total. The Bertz CT molecular complexity index is 981. The molecule has 0 radical (unpaired) electrons. The molecule has 1 aromatic carbocycles. The van der Waals surface area contributed by atoms with E-state index in [1.807, 2.05) is 44.4 Å². The molecule has 32 heavy (non-hydrogen) atoms. The number of benzene rings is 1. The standard InChI is InChI=1S/C24H31N5O2S/c1-28(2)20(18-10-5-3-6-11-18)16-25-22(30)17-32-24-27-26-23(21-14-9-15-31-21)29(24)19-12-7-4-8-13-19/h3,5-6,9-11,14-15,19-20H,4,7-8,12-13,16-17H2,1-2H3,(H,25,30). The van der Waals surface area contributed by atoms with Crippen LogP contribution in [0.2, 0.25) is 0 Å². The molecule has 0 aliphatic heterocycles. The Balaban J connectivity index is 1.41. The third-order valence-electron chi connectivity index (χ3n) is 5.98. The largest absolute Gasteiger partial charge is 0.461 e. The van der Waals surface area contributed by atoms with Crippen LogP contribution >= 0.6 is 11.8 Å². The summed E-state index contributed by atoms with van der Waals surface area (Å²) >= 11 is 1.44. The van der Waals surface area contributed by atoms with Gasteiger partial charge >= 0.3 is 0 Å². The van der Waals surface area contributed by atoms with E-state index in [2.05, 4.69) is 37.1 Å². The lowest BCUT2D eigenvalue weighted by Crippen LogP contribution is -2.35. The van der Waals surface area contributed by atoms with Gasteiger partial charge < -0.3 is 14.6 Å². The number of thioether (sulfide) groups is 1. The fourth-order valence-corrected chi connectivity index (χ4v) is 5.12. The van der Waals surface area contributed by atoms with Crippen molar-refractivity contribution in [3.8, 4) is 11.6 Å². The Morgan fingerprint density at radius 2 is 1.94 bits per heavy atom. The zero-order valence-electron chi connectivity index (χ0n) is 18.7. The van der Waals surface area contributed by atoms with Gasteiger partial charge in [-0.1, -0.05) is 61.4 Å². The lowest BCUT2D eigenvalue weighted by Gasteiger charge is -2.25. The number of nitrogens with one attached hydrogen (secondary N) is 1. The first-order valence-electron chi connectivity index (χ1n) is 11.2. The fraction of sp³-hybridized carbons (Fsp3) is 0.458. The number of hydrogen-bond acceptors (Lipinski definition) is 6. The number of nitrogens with zero attached hydrogens (tertiary/aromatic N) is 4. The number of rotatable bonds is 9. The van der Waals surface area contributed by atoms with E-state index < -0.39 is 0 Å². The molecule has 1 saturated carbocycles. The summed E-state index contributed by atoms with van der Waals surface area (Å²) in [5.74, 6) is 1.77. The minimum Gasteiger partial charge on any atom is -0.461 e. The van der Waals surface area contributed by atoms with Crippen molar-refractivity contribution in [1.29, 1.82) is 0 Å². The molecule has 1 aliphatic rings. The summed E-state index contributed by atoms with van der Waals surface area (Å²) in [4.78, 5) is 14.8. The number of amides is 1. The maximum Gasteiger partial charge on any atom is 0.230 e. The lowest BCUT2D eigenvalue weighted by molar-refractivity contribution is -0.118. The molecule has 2 aromatic heterocycles. The summed E-state index contributed by atoms with van der Waals surface area (Å²) in [6.45, 7) is 0.559. The normalized spacial score (nSPS) is 15.7. The monoisotopic (exact) mass is 453 g/mol. The van der Waals surface area contributed by atoms with Crippen LogP contribution < -0.4 is 5.32 Å². The maximum atomic E-state index is 12.7. The molecular formula is C24H31N5O2S. The number of hydrogen-bond donors (Lipinski definition) is 1. The van der Waals surface area contributed by atoms with E-state index >= 15 is 0 Å². The summed E-state index contributed by atoms with van der Waals surface area (Å²) in [5, 5.41) is 12.7. The molecule has 0 saturated heterocycles. The van der Waals surface area contributed by atoms with Crippen molar-refractivity contribution in [3.05, 3.63) is 54.3 Å². The van der Waals surface area contributed by atoms with Crippen LogP contribution in [0, 0.1) is 0 Å². The molecule has 8 heteroatoms. The Morgan fingerprint density at radius 3 is 2.62 bits per heavy atom. The van der Waals surface area contributed by atoms with Crippen LogP contribution in [0.4, 0.5) is 0 Å². The molecule has 1 atom stereocenters. The molecular weight excluding hydrogens is 422 g/mol. The third kappa shape index (κ3) is 5.42. The molecule has 0 spiro atoms. The van der Waals surface area contributed by atoms with Gasteiger partial charge in [-0.2, -0.15) is 0 Å². The van der Waals surface area contributed by atoms with Gasteiger partial charge in [0.15, 0.2) is 10.9 Å². The lowest BCUT2D eigenvalue weighted by atomic mass is 9.95. The van der Waals surface area contributed by atoms with Crippen LogP contribution in [0.3, 0.4) is 0 Å². The van der Waals surface area contributed by atoms with Gasteiger partial charge in [0.25, 0.3) is 0 Å². The Labute approximate surface area is 193 Å². The van der Waals surface area contributed by atoms with E-state index in [1.54, 1.807) is 6.26 Å². The van der Waals surface area contributed by atoms with Crippen molar-refractivity contribution in [2.75, 3.05) is 26.4 Å². The third-order valence-corrected chi connectivity index (χ3v) is 6.92. The highest BCUT2D eigenvalue weighted by Gasteiger charge is 2.25. The average Bonchev–Trinajstić information content (AvgIpc) is 3.49. The topological polar surface area (TPSA) is 76.2 Å². The van der Waals surface area contributed by atoms with Crippen LogP contribution in [0.15, 0.2) is 58.3 Å². The summed E-state index contributed by atoms with van der Waals surface area (Å²) in [7, 11) is 4.06. The molecule has 1 amide bonds. The van der Waals surface area contributed by atoms with Gasteiger partial charge in [0.05, 0.1) is 18.1 Å². The van der Waals surface area contributed by atoms with Crippen molar-refractivity contribution in [2.24, 2.45) is 0 Å². The second-order valence-electron chi connectivity index (χ2n) is 8.43. The summed E-state index contributed by atoms with van der Waals surface area (Å²) in [5.41, 5.74) is 1.19. The van der Waals surface area contributed by atoms with Crippen molar-refractivity contribution < 1.29 is 9.21 Å². The SMILES string of the molecule is CN(C)C(CNC(=O)CSc1nnc(-c2ccco2)n1C1CCCCC1)c1ccccc1. The Morgan fingerprint density at radius 1 is 1.16 bits per heavy atom. The summed E-state index contributed by atoms with van der Waals surface area (Å²) in [6, 6.07) is 14.5. The molecule has 3 aromatic rings. The summed E-state index contributed by atoms with van der Waals surface area (Å²) in [6.07, 6.45) is 7.55. The molecule has 1 unspecified atom stereocenters. The summed E-state index contributed by atoms with van der Waals surface area (Å²) < 4.78 is 7.79. The first-order chi connectivity index (χ1) is 15.6. The van der Waals surface area contributed by atoms with Gasteiger partial charge in [-0.25, -0.2) is 0 Å². The van der Waals surface area contributed by atoms with Gasteiger partial charge in [0, 0.05) is 12.6 Å². The number of likely N-dealkylation sites (N-methyl/N-ethyl adjacent to an activating group) is 1. The smallest absolute Gasteiger partial charge is 0.230 e. The van der Waals surface area contributed by atoms with Gasteiger partial charge in [0.1, 0.15) is 0 Å². The quantitative estimate of drug-likeness (QED) is 0.479. The second-order valence-corrected chi connectivity index (χ2v) is 9.37. The average molecular weight is 454 g/mol. The van der Waals surface area contributed by atoms with E-state index in [4.69, 9.17) is 4.42 Å². The molecule has 4 rings (SSSR count). The molecule has 0 bridgehead atoms. The number of aromatic nitrogens is 3. The van der Waals surface area contributed by atoms with Gasteiger partial charge in [-0.15, -0.1) is 10.2 Å². The minimum absolute atomic E-state index is 0.00414. The fourth-order valence-electron chi connectivity index (χ4n) is 4.28. The van der Waals surface area contributed by atoms with Gasteiger partial charge in [-0.3, -0.25) is 9.36 Å². The highest BCUT2D eigenvalue weighted by atomic mass is 32.2. The van der Waals surface area contributed by atoms with Crippen LogP contribution in [0.25, 0.3) is 11.6 Å². The molecule has 1 fully saturated rings. The van der Waals surface area contributed by atoms with E-state index in [-0.39, 0.29) is 11.9 Å². The molecule has 170 valence electrons.